The number of carbonyl (C=O) groups excluding carboxylic acids is 1. The first kappa shape index (κ1) is 12.2. The lowest BCUT2D eigenvalue weighted by Crippen LogP contribution is -2.16. The van der Waals surface area contributed by atoms with Crippen LogP contribution in [-0.2, 0) is 0 Å². The van der Waals surface area contributed by atoms with Crippen LogP contribution in [0.3, 0.4) is 0 Å². The van der Waals surface area contributed by atoms with Gasteiger partial charge in [-0.05, 0) is 17.7 Å². The van der Waals surface area contributed by atoms with E-state index >= 15 is 0 Å². The Bertz CT molecular complexity index is 727. The Morgan fingerprint density at radius 3 is 2.60 bits per heavy atom. The fourth-order valence-electron chi connectivity index (χ4n) is 1.85. The van der Waals surface area contributed by atoms with E-state index in [1.807, 2.05) is 54.6 Å². The SMILES string of the molecule is O=C(N/N=C/c1ccccc1)c1cc2ccccc2o1. The van der Waals surface area contributed by atoms with Gasteiger partial charge < -0.3 is 4.42 Å². The van der Waals surface area contributed by atoms with E-state index in [1.165, 1.54) is 0 Å². The summed E-state index contributed by atoms with van der Waals surface area (Å²) < 4.78 is 5.45. The van der Waals surface area contributed by atoms with Crippen molar-refractivity contribution in [2.45, 2.75) is 0 Å². The van der Waals surface area contributed by atoms with Crippen molar-refractivity contribution in [3.63, 3.8) is 0 Å². The number of furan rings is 1. The second-order valence-corrected chi connectivity index (χ2v) is 4.26. The molecule has 0 saturated carbocycles. The summed E-state index contributed by atoms with van der Waals surface area (Å²) in [5.41, 5.74) is 4.04. The fourth-order valence-corrected chi connectivity index (χ4v) is 1.85. The van der Waals surface area contributed by atoms with E-state index in [9.17, 15) is 4.79 Å². The summed E-state index contributed by atoms with van der Waals surface area (Å²) >= 11 is 0. The van der Waals surface area contributed by atoms with Crippen LogP contribution in [0.15, 0.2) is 70.2 Å². The number of nitrogens with one attached hydrogen (secondary N) is 1. The number of fused-ring (bicyclic) bond motifs is 1. The normalized spacial score (nSPS) is 11.0. The molecule has 0 radical (unpaired) electrons. The Morgan fingerprint density at radius 1 is 1.05 bits per heavy atom. The van der Waals surface area contributed by atoms with Gasteiger partial charge in [0.15, 0.2) is 5.76 Å². The van der Waals surface area contributed by atoms with E-state index in [-0.39, 0.29) is 11.7 Å². The fraction of sp³-hybridized carbons (Fsp3) is 0. The molecule has 4 nitrogen and oxygen atoms in total. The van der Waals surface area contributed by atoms with Gasteiger partial charge in [-0.15, -0.1) is 0 Å². The van der Waals surface area contributed by atoms with Crippen molar-refractivity contribution in [1.82, 2.24) is 5.43 Å². The molecule has 4 heteroatoms. The molecule has 1 amide bonds. The Labute approximate surface area is 115 Å². The van der Waals surface area contributed by atoms with Gasteiger partial charge in [-0.1, -0.05) is 48.5 Å². The number of hydrazone groups is 1. The van der Waals surface area contributed by atoms with Crippen molar-refractivity contribution in [2.24, 2.45) is 5.10 Å². The molecule has 0 spiro atoms. The molecule has 0 atom stereocenters. The zero-order valence-electron chi connectivity index (χ0n) is 10.6. The molecule has 0 aliphatic carbocycles. The maximum Gasteiger partial charge on any atom is 0.307 e. The predicted octanol–water partition coefficient (Wildman–Crippen LogP) is 3.20. The zero-order chi connectivity index (χ0) is 13.8. The van der Waals surface area contributed by atoms with E-state index in [4.69, 9.17) is 4.42 Å². The summed E-state index contributed by atoms with van der Waals surface area (Å²) in [7, 11) is 0. The molecular formula is C16H12N2O2. The topological polar surface area (TPSA) is 54.6 Å². The van der Waals surface area contributed by atoms with Gasteiger partial charge in [0.25, 0.3) is 0 Å². The van der Waals surface area contributed by atoms with E-state index in [0.29, 0.717) is 5.58 Å². The van der Waals surface area contributed by atoms with Crippen LogP contribution in [-0.4, -0.2) is 12.1 Å². The summed E-state index contributed by atoms with van der Waals surface area (Å²) in [5, 5.41) is 4.80. The highest BCUT2D eigenvalue weighted by atomic mass is 16.3. The van der Waals surface area contributed by atoms with Crippen molar-refractivity contribution in [3.05, 3.63) is 72.0 Å². The van der Waals surface area contributed by atoms with Gasteiger partial charge in [-0.3, -0.25) is 4.79 Å². The number of nitrogens with zero attached hydrogens (tertiary/aromatic N) is 1. The third kappa shape index (κ3) is 2.59. The van der Waals surface area contributed by atoms with Gasteiger partial charge in [-0.2, -0.15) is 5.10 Å². The van der Waals surface area contributed by atoms with Crippen LogP contribution in [0.2, 0.25) is 0 Å². The maximum absolute atomic E-state index is 11.9. The van der Waals surface area contributed by atoms with Gasteiger partial charge in [0.1, 0.15) is 5.58 Å². The quantitative estimate of drug-likeness (QED) is 0.583. The second-order valence-electron chi connectivity index (χ2n) is 4.26. The van der Waals surface area contributed by atoms with E-state index in [1.54, 1.807) is 12.3 Å². The van der Waals surface area contributed by atoms with Crippen LogP contribution in [0.25, 0.3) is 11.0 Å². The summed E-state index contributed by atoms with van der Waals surface area (Å²) in [6, 6.07) is 18.7. The minimum absolute atomic E-state index is 0.247. The first-order valence-electron chi connectivity index (χ1n) is 6.20. The Hall–Kier alpha value is -2.88. The van der Waals surface area contributed by atoms with Crippen molar-refractivity contribution in [2.75, 3.05) is 0 Å². The van der Waals surface area contributed by atoms with Gasteiger partial charge in [0, 0.05) is 5.39 Å². The molecule has 1 N–H and O–H groups in total. The molecule has 0 unspecified atom stereocenters. The average molecular weight is 264 g/mol. The molecule has 0 fully saturated rings. The van der Waals surface area contributed by atoms with Crippen LogP contribution in [0, 0.1) is 0 Å². The average Bonchev–Trinajstić information content (AvgIpc) is 2.92. The number of para-hydroxylation sites is 1. The third-order valence-corrected chi connectivity index (χ3v) is 2.83. The predicted molar refractivity (Wildman–Crippen MR) is 77.7 cm³/mol. The maximum atomic E-state index is 11.9. The summed E-state index contributed by atoms with van der Waals surface area (Å²) in [6.07, 6.45) is 1.58. The van der Waals surface area contributed by atoms with Gasteiger partial charge >= 0.3 is 5.91 Å². The molecule has 1 aromatic heterocycles. The molecular weight excluding hydrogens is 252 g/mol. The lowest BCUT2D eigenvalue weighted by molar-refractivity contribution is 0.0929. The number of hydrogen-bond acceptors (Lipinski definition) is 3. The lowest BCUT2D eigenvalue weighted by atomic mass is 10.2. The molecule has 2 aromatic carbocycles. The molecule has 1 heterocycles. The van der Waals surface area contributed by atoms with Crippen LogP contribution >= 0.6 is 0 Å². The third-order valence-electron chi connectivity index (χ3n) is 2.83. The molecule has 0 aliphatic heterocycles. The highest BCUT2D eigenvalue weighted by molar-refractivity contribution is 5.96. The Kier molecular flexibility index (Phi) is 3.29. The molecule has 0 saturated heterocycles. The standard InChI is InChI=1S/C16H12N2O2/c19-16(18-17-11-12-6-2-1-3-7-12)15-10-13-8-4-5-9-14(13)20-15/h1-11H,(H,18,19)/b17-11+. The number of amides is 1. The second kappa shape index (κ2) is 5.40. The largest absolute Gasteiger partial charge is 0.451 e. The number of rotatable bonds is 3. The summed E-state index contributed by atoms with van der Waals surface area (Å²) in [4.78, 5) is 11.9. The van der Waals surface area contributed by atoms with Gasteiger partial charge in [0.2, 0.25) is 0 Å². The van der Waals surface area contributed by atoms with Gasteiger partial charge in [-0.25, -0.2) is 5.43 Å². The van der Waals surface area contributed by atoms with Crippen molar-refractivity contribution >= 4 is 23.1 Å². The molecule has 98 valence electrons. The monoisotopic (exact) mass is 264 g/mol. The van der Waals surface area contributed by atoms with E-state index < -0.39 is 0 Å². The first-order valence-corrected chi connectivity index (χ1v) is 6.20. The highest BCUT2D eigenvalue weighted by Gasteiger charge is 2.10. The minimum Gasteiger partial charge on any atom is -0.451 e. The Morgan fingerprint density at radius 2 is 1.80 bits per heavy atom. The number of benzene rings is 2. The Balaban J connectivity index is 1.71. The highest BCUT2D eigenvalue weighted by Crippen LogP contribution is 2.18. The van der Waals surface area contributed by atoms with Crippen LogP contribution in [0.1, 0.15) is 16.1 Å². The van der Waals surface area contributed by atoms with Crippen molar-refractivity contribution < 1.29 is 9.21 Å². The smallest absolute Gasteiger partial charge is 0.307 e. The zero-order valence-corrected chi connectivity index (χ0v) is 10.6. The van der Waals surface area contributed by atoms with E-state index in [2.05, 4.69) is 10.5 Å². The molecule has 3 aromatic rings. The van der Waals surface area contributed by atoms with Crippen LogP contribution in [0.5, 0.6) is 0 Å². The molecule has 0 bridgehead atoms. The minimum atomic E-state index is -0.367. The summed E-state index contributed by atoms with van der Waals surface area (Å²) in [6.45, 7) is 0. The van der Waals surface area contributed by atoms with Crippen molar-refractivity contribution in [1.29, 1.82) is 0 Å². The summed E-state index contributed by atoms with van der Waals surface area (Å²) in [5.74, 6) is -0.121. The van der Waals surface area contributed by atoms with Gasteiger partial charge in [0.05, 0.1) is 6.21 Å². The molecule has 0 aliphatic rings. The van der Waals surface area contributed by atoms with Crippen molar-refractivity contribution in [3.8, 4) is 0 Å². The van der Waals surface area contributed by atoms with Crippen LogP contribution in [0.4, 0.5) is 0 Å². The lowest BCUT2D eigenvalue weighted by Gasteiger charge is -1.95. The number of hydrogen-bond donors (Lipinski definition) is 1. The molecule has 20 heavy (non-hydrogen) atoms. The van der Waals surface area contributed by atoms with Crippen LogP contribution < -0.4 is 5.43 Å². The molecule has 3 rings (SSSR count). The number of carbonyl (C=O) groups is 1. The van der Waals surface area contributed by atoms with E-state index in [0.717, 1.165) is 10.9 Å². The first-order chi connectivity index (χ1) is 9.83.